The average Bonchev–Trinajstić information content (AvgIpc) is 2.84. The maximum absolute atomic E-state index is 11.6. The van der Waals surface area contributed by atoms with Gasteiger partial charge in [-0.25, -0.2) is 0 Å². The second-order valence-electron chi connectivity index (χ2n) is 4.43. The zero-order valence-corrected chi connectivity index (χ0v) is 8.58. The van der Waals surface area contributed by atoms with Crippen LogP contribution in [-0.2, 0) is 9.53 Å². The molecule has 0 radical (unpaired) electrons. The van der Waals surface area contributed by atoms with E-state index in [9.17, 15) is 4.79 Å². The minimum absolute atomic E-state index is 0.0232. The number of hydrogen-bond acceptors (Lipinski definition) is 4. The first-order chi connectivity index (χ1) is 6.70. The molecule has 4 nitrogen and oxygen atoms in total. The van der Waals surface area contributed by atoms with Gasteiger partial charge in [0, 0.05) is 6.04 Å². The van der Waals surface area contributed by atoms with Crippen LogP contribution in [0.15, 0.2) is 0 Å². The molecule has 3 N–H and O–H groups in total. The molecule has 0 aromatic carbocycles. The molecular formula is C10H18N2O2. The SMILES string of the molecule is COC(=O)C1(C(N)C2CCNC2)CC1. The molecule has 4 heteroatoms. The Hall–Kier alpha value is -0.610. The molecule has 14 heavy (non-hydrogen) atoms. The van der Waals surface area contributed by atoms with Crippen LogP contribution in [0.2, 0.25) is 0 Å². The van der Waals surface area contributed by atoms with Gasteiger partial charge in [-0.3, -0.25) is 4.79 Å². The van der Waals surface area contributed by atoms with Gasteiger partial charge in [0.15, 0.2) is 0 Å². The average molecular weight is 198 g/mol. The molecule has 2 unspecified atom stereocenters. The van der Waals surface area contributed by atoms with Crippen LogP contribution in [0.3, 0.4) is 0 Å². The number of ether oxygens (including phenoxy) is 1. The number of hydrogen-bond donors (Lipinski definition) is 2. The zero-order chi connectivity index (χ0) is 10.2. The number of carbonyl (C=O) groups is 1. The highest BCUT2D eigenvalue weighted by Crippen LogP contribution is 2.51. The van der Waals surface area contributed by atoms with Gasteiger partial charge in [0.2, 0.25) is 0 Å². The van der Waals surface area contributed by atoms with Crippen molar-refractivity contribution in [3.05, 3.63) is 0 Å². The lowest BCUT2D eigenvalue weighted by Crippen LogP contribution is -2.44. The van der Waals surface area contributed by atoms with Gasteiger partial charge in [-0.05, 0) is 38.3 Å². The Bertz CT molecular complexity index is 232. The second-order valence-corrected chi connectivity index (χ2v) is 4.43. The molecule has 0 aromatic heterocycles. The van der Waals surface area contributed by atoms with Crippen molar-refractivity contribution in [1.29, 1.82) is 0 Å². The van der Waals surface area contributed by atoms with Crippen molar-refractivity contribution in [1.82, 2.24) is 5.32 Å². The summed E-state index contributed by atoms with van der Waals surface area (Å²) in [5.74, 6) is 0.327. The Balaban J connectivity index is 2.02. The third-order valence-corrected chi connectivity index (χ3v) is 3.62. The molecule has 0 spiro atoms. The number of nitrogens with one attached hydrogen (secondary N) is 1. The van der Waals surface area contributed by atoms with Gasteiger partial charge >= 0.3 is 5.97 Å². The van der Waals surface area contributed by atoms with E-state index in [-0.39, 0.29) is 17.4 Å². The lowest BCUT2D eigenvalue weighted by atomic mass is 9.85. The van der Waals surface area contributed by atoms with Crippen LogP contribution >= 0.6 is 0 Å². The van der Waals surface area contributed by atoms with Gasteiger partial charge in [-0.15, -0.1) is 0 Å². The van der Waals surface area contributed by atoms with Crippen LogP contribution in [0.25, 0.3) is 0 Å². The van der Waals surface area contributed by atoms with Crippen LogP contribution in [0.1, 0.15) is 19.3 Å². The fraction of sp³-hybridized carbons (Fsp3) is 0.900. The minimum Gasteiger partial charge on any atom is -0.469 e. The molecule has 80 valence electrons. The van der Waals surface area contributed by atoms with Crippen LogP contribution < -0.4 is 11.1 Å². The predicted octanol–water partition coefficient (Wildman–Crippen LogP) is -0.124. The van der Waals surface area contributed by atoms with E-state index in [0.29, 0.717) is 5.92 Å². The smallest absolute Gasteiger partial charge is 0.313 e. The predicted molar refractivity (Wildman–Crippen MR) is 52.6 cm³/mol. The van der Waals surface area contributed by atoms with Gasteiger partial charge in [-0.2, -0.15) is 0 Å². The summed E-state index contributed by atoms with van der Waals surface area (Å²) in [6.45, 7) is 1.97. The fourth-order valence-electron chi connectivity index (χ4n) is 2.45. The van der Waals surface area contributed by atoms with E-state index in [1.807, 2.05) is 0 Å². The van der Waals surface area contributed by atoms with Gasteiger partial charge in [0.25, 0.3) is 0 Å². The van der Waals surface area contributed by atoms with Crippen LogP contribution in [0, 0.1) is 11.3 Å². The van der Waals surface area contributed by atoms with Crippen molar-refractivity contribution < 1.29 is 9.53 Å². The van der Waals surface area contributed by atoms with Crippen molar-refractivity contribution in [3.8, 4) is 0 Å². The van der Waals surface area contributed by atoms with Crippen LogP contribution in [-0.4, -0.2) is 32.2 Å². The number of rotatable bonds is 3. The lowest BCUT2D eigenvalue weighted by molar-refractivity contribution is -0.148. The number of methoxy groups -OCH3 is 1. The van der Waals surface area contributed by atoms with E-state index >= 15 is 0 Å². The third-order valence-electron chi connectivity index (χ3n) is 3.62. The van der Waals surface area contributed by atoms with Gasteiger partial charge in [0.05, 0.1) is 12.5 Å². The molecule has 0 aromatic rings. The summed E-state index contributed by atoms with van der Waals surface area (Å²) in [6.07, 6.45) is 2.88. The third kappa shape index (κ3) is 1.42. The van der Waals surface area contributed by atoms with E-state index in [1.54, 1.807) is 0 Å². The van der Waals surface area contributed by atoms with Crippen molar-refractivity contribution in [2.75, 3.05) is 20.2 Å². The highest BCUT2D eigenvalue weighted by molar-refractivity contribution is 5.80. The summed E-state index contributed by atoms with van der Waals surface area (Å²) >= 11 is 0. The Kier molecular flexibility index (Phi) is 2.49. The van der Waals surface area contributed by atoms with Crippen LogP contribution in [0.4, 0.5) is 0 Å². The molecular weight excluding hydrogens is 180 g/mol. The molecule has 0 bridgehead atoms. The van der Waals surface area contributed by atoms with Crippen molar-refractivity contribution >= 4 is 5.97 Å². The molecule has 1 heterocycles. The number of nitrogens with two attached hydrogens (primary N) is 1. The van der Waals surface area contributed by atoms with E-state index in [1.165, 1.54) is 7.11 Å². The molecule has 2 aliphatic rings. The molecule has 2 fully saturated rings. The van der Waals surface area contributed by atoms with Crippen molar-refractivity contribution in [3.63, 3.8) is 0 Å². The maximum atomic E-state index is 11.6. The Morgan fingerprint density at radius 1 is 1.64 bits per heavy atom. The summed E-state index contributed by atoms with van der Waals surface area (Å²) in [5, 5.41) is 3.28. The lowest BCUT2D eigenvalue weighted by Gasteiger charge is -2.25. The molecule has 2 atom stereocenters. The standard InChI is InChI=1S/C10H18N2O2/c1-14-9(13)10(3-4-10)8(11)7-2-5-12-6-7/h7-8,12H,2-6,11H2,1H3. The fourth-order valence-corrected chi connectivity index (χ4v) is 2.45. The topological polar surface area (TPSA) is 64.3 Å². The first-order valence-electron chi connectivity index (χ1n) is 5.25. The van der Waals surface area contributed by atoms with Gasteiger partial charge < -0.3 is 15.8 Å². The molecule has 1 saturated heterocycles. The van der Waals surface area contributed by atoms with E-state index < -0.39 is 0 Å². The van der Waals surface area contributed by atoms with Crippen molar-refractivity contribution in [2.45, 2.75) is 25.3 Å². The highest BCUT2D eigenvalue weighted by atomic mass is 16.5. The zero-order valence-electron chi connectivity index (χ0n) is 8.58. The van der Waals surface area contributed by atoms with Crippen LogP contribution in [0.5, 0.6) is 0 Å². The number of esters is 1. The Morgan fingerprint density at radius 2 is 2.36 bits per heavy atom. The van der Waals surface area contributed by atoms with Gasteiger partial charge in [-0.1, -0.05) is 0 Å². The minimum atomic E-state index is -0.342. The van der Waals surface area contributed by atoms with E-state index in [4.69, 9.17) is 10.5 Å². The monoisotopic (exact) mass is 198 g/mol. The molecule has 2 rings (SSSR count). The largest absolute Gasteiger partial charge is 0.469 e. The molecule has 1 saturated carbocycles. The normalized spacial score (nSPS) is 31.1. The molecule has 0 amide bonds. The first-order valence-corrected chi connectivity index (χ1v) is 5.25. The molecule has 1 aliphatic heterocycles. The summed E-state index contributed by atoms with van der Waals surface area (Å²) in [4.78, 5) is 11.6. The quantitative estimate of drug-likeness (QED) is 0.620. The summed E-state index contributed by atoms with van der Waals surface area (Å²) < 4.78 is 4.82. The maximum Gasteiger partial charge on any atom is 0.313 e. The Labute approximate surface area is 84.2 Å². The highest BCUT2D eigenvalue weighted by Gasteiger charge is 2.57. The van der Waals surface area contributed by atoms with E-state index in [0.717, 1.165) is 32.4 Å². The van der Waals surface area contributed by atoms with Gasteiger partial charge in [0.1, 0.15) is 0 Å². The number of carbonyl (C=O) groups excluding carboxylic acids is 1. The molecule has 1 aliphatic carbocycles. The van der Waals surface area contributed by atoms with Crippen molar-refractivity contribution in [2.24, 2.45) is 17.1 Å². The summed E-state index contributed by atoms with van der Waals surface area (Å²) in [5.41, 5.74) is 5.81. The Morgan fingerprint density at radius 3 is 2.79 bits per heavy atom. The summed E-state index contributed by atoms with van der Waals surface area (Å²) in [7, 11) is 1.45. The summed E-state index contributed by atoms with van der Waals surface area (Å²) in [6, 6.07) is -0.0232. The first kappa shape index (κ1) is 9.93. The second kappa shape index (κ2) is 3.51. The van der Waals surface area contributed by atoms with E-state index in [2.05, 4.69) is 5.32 Å².